The van der Waals surface area contributed by atoms with Gasteiger partial charge < -0.3 is 25.1 Å². The number of phenolic OH excluding ortho intramolecular Hbond substituents is 1. The molecule has 0 bridgehead atoms. The van der Waals surface area contributed by atoms with Gasteiger partial charge in [-0.3, -0.25) is 0 Å². The van der Waals surface area contributed by atoms with Crippen molar-refractivity contribution < 1.29 is 27.7 Å². The summed E-state index contributed by atoms with van der Waals surface area (Å²) >= 11 is 0. The van der Waals surface area contributed by atoms with Crippen LogP contribution in [-0.4, -0.2) is 48.5 Å². The van der Waals surface area contributed by atoms with E-state index >= 15 is 0 Å². The largest absolute Gasteiger partial charge is 0.507 e. The number of nitrogens with two attached hydrogens (primary N) is 1. The van der Waals surface area contributed by atoms with Gasteiger partial charge in [0.1, 0.15) is 36.4 Å². The molecule has 26 heavy (non-hydrogen) atoms. The molecule has 0 aliphatic carbocycles. The Kier molecular flexibility index (Phi) is 5.66. The highest BCUT2D eigenvalue weighted by atomic mass is 32.2. The second-order valence-corrected chi connectivity index (χ2v) is 6.60. The third-order valence-electron chi connectivity index (χ3n) is 3.44. The van der Waals surface area contributed by atoms with E-state index in [1.165, 1.54) is 45.6 Å². The number of nitrogens with zero attached hydrogens (tertiary/aromatic N) is 1. The molecule has 0 fully saturated rings. The molecule has 0 saturated carbocycles. The maximum atomic E-state index is 12.8. The van der Waals surface area contributed by atoms with Crippen molar-refractivity contribution >= 4 is 29.2 Å². The number of rotatable bonds is 6. The van der Waals surface area contributed by atoms with Crippen LogP contribution in [0.25, 0.3) is 0 Å². The molecule has 10 heteroatoms. The molecule has 8 nitrogen and oxygen atoms in total. The Morgan fingerprint density at radius 1 is 1.08 bits per heavy atom. The van der Waals surface area contributed by atoms with Crippen LogP contribution in [0, 0.1) is 0 Å². The normalized spacial score (nSPS) is 11.9. The summed E-state index contributed by atoms with van der Waals surface area (Å²) in [6.07, 6.45) is 0. The minimum absolute atomic E-state index is 0.0365. The lowest BCUT2D eigenvalue weighted by Gasteiger charge is -2.13. The number of hydrogen-bond acceptors (Lipinski definition) is 6. The van der Waals surface area contributed by atoms with Crippen molar-refractivity contribution in [2.45, 2.75) is 4.90 Å². The van der Waals surface area contributed by atoms with Gasteiger partial charge in [-0.15, -0.1) is 4.40 Å². The minimum atomic E-state index is -4.33. The van der Waals surface area contributed by atoms with Crippen LogP contribution in [0.1, 0.15) is 5.56 Å². The topological polar surface area (TPSA) is 120 Å². The number of hydrogen-bond donors (Lipinski definition) is 2. The molecular formula is C16H17BN2O6S. The highest BCUT2D eigenvalue weighted by molar-refractivity contribution is 7.90. The van der Waals surface area contributed by atoms with Crippen molar-refractivity contribution in [2.24, 2.45) is 10.1 Å². The molecule has 0 amide bonds. The van der Waals surface area contributed by atoms with Crippen molar-refractivity contribution in [3.05, 3.63) is 35.9 Å². The zero-order valence-corrected chi connectivity index (χ0v) is 15.2. The first-order valence-corrected chi connectivity index (χ1v) is 8.67. The van der Waals surface area contributed by atoms with Gasteiger partial charge in [0.25, 0.3) is 10.0 Å². The average molecular weight is 376 g/mol. The van der Waals surface area contributed by atoms with Crippen LogP contribution in [0.3, 0.4) is 0 Å². The van der Waals surface area contributed by atoms with Crippen LogP contribution in [0.5, 0.6) is 23.0 Å². The van der Waals surface area contributed by atoms with Crippen LogP contribution in [0.15, 0.2) is 39.6 Å². The standard InChI is InChI=1S/C16H17BN2O6S/c1-23-11-5-4-6-12(24-2)15(11)26(21,22)19-16(18)14-10(20)7-9(17)8-13(14)25-3/h4-8,20H,1-3H3,(H2,18,19). The van der Waals surface area contributed by atoms with E-state index in [1.807, 2.05) is 0 Å². The molecule has 2 radical (unpaired) electrons. The van der Waals surface area contributed by atoms with Gasteiger partial charge in [-0.1, -0.05) is 11.5 Å². The summed E-state index contributed by atoms with van der Waals surface area (Å²) < 4.78 is 44.4. The van der Waals surface area contributed by atoms with Crippen LogP contribution in [0.2, 0.25) is 0 Å². The Morgan fingerprint density at radius 2 is 1.62 bits per heavy atom. The maximum absolute atomic E-state index is 12.8. The molecule has 0 saturated heterocycles. The maximum Gasteiger partial charge on any atom is 0.291 e. The van der Waals surface area contributed by atoms with Gasteiger partial charge in [0, 0.05) is 0 Å². The first-order chi connectivity index (χ1) is 12.2. The third-order valence-corrected chi connectivity index (χ3v) is 4.79. The summed E-state index contributed by atoms with van der Waals surface area (Å²) in [5.74, 6) is -0.702. The summed E-state index contributed by atoms with van der Waals surface area (Å²) in [4.78, 5) is -0.290. The minimum Gasteiger partial charge on any atom is -0.507 e. The molecule has 2 aromatic rings. The van der Waals surface area contributed by atoms with E-state index in [1.54, 1.807) is 6.07 Å². The number of amidine groups is 1. The molecular weight excluding hydrogens is 359 g/mol. The molecule has 3 N–H and O–H groups in total. The fourth-order valence-electron chi connectivity index (χ4n) is 2.33. The number of ether oxygens (including phenoxy) is 3. The molecule has 0 heterocycles. The Labute approximate surface area is 152 Å². The van der Waals surface area contributed by atoms with Gasteiger partial charge in [-0.25, -0.2) is 0 Å². The highest BCUT2D eigenvalue weighted by Crippen LogP contribution is 2.35. The van der Waals surface area contributed by atoms with Crippen molar-refractivity contribution in [3.63, 3.8) is 0 Å². The van der Waals surface area contributed by atoms with E-state index in [4.69, 9.17) is 27.8 Å². The zero-order valence-electron chi connectivity index (χ0n) is 14.4. The van der Waals surface area contributed by atoms with E-state index in [0.29, 0.717) is 0 Å². The molecule has 0 aromatic heterocycles. The third kappa shape index (κ3) is 3.69. The van der Waals surface area contributed by atoms with Gasteiger partial charge in [-0.2, -0.15) is 8.42 Å². The molecule has 0 unspecified atom stereocenters. The number of benzene rings is 2. The Bertz CT molecular complexity index is 937. The predicted octanol–water partition coefficient (Wildman–Crippen LogP) is 0.306. The summed E-state index contributed by atoms with van der Waals surface area (Å²) in [6, 6.07) is 7.05. The van der Waals surface area contributed by atoms with Crippen molar-refractivity contribution in [1.29, 1.82) is 0 Å². The van der Waals surface area contributed by atoms with Crippen molar-refractivity contribution in [2.75, 3.05) is 21.3 Å². The van der Waals surface area contributed by atoms with Gasteiger partial charge in [0.2, 0.25) is 0 Å². The smallest absolute Gasteiger partial charge is 0.291 e. The zero-order chi connectivity index (χ0) is 19.5. The van der Waals surface area contributed by atoms with E-state index in [-0.39, 0.29) is 38.9 Å². The lowest BCUT2D eigenvalue weighted by molar-refractivity contribution is 0.373. The molecule has 0 aliphatic heterocycles. The summed E-state index contributed by atoms with van der Waals surface area (Å²) in [5, 5.41) is 10.1. The molecule has 2 rings (SSSR count). The number of phenols is 1. The number of aromatic hydroxyl groups is 1. The first kappa shape index (κ1) is 19.4. The van der Waals surface area contributed by atoms with Gasteiger partial charge in [-0.05, 0) is 24.3 Å². The van der Waals surface area contributed by atoms with Crippen LogP contribution < -0.4 is 25.4 Å². The number of sulfonamides is 1. The first-order valence-electron chi connectivity index (χ1n) is 7.23. The van der Waals surface area contributed by atoms with E-state index in [9.17, 15) is 13.5 Å². The number of methoxy groups -OCH3 is 3. The van der Waals surface area contributed by atoms with E-state index in [2.05, 4.69) is 4.40 Å². The fraction of sp³-hybridized carbons (Fsp3) is 0.188. The molecule has 0 spiro atoms. The van der Waals surface area contributed by atoms with Crippen molar-refractivity contribution in [3.8, 4) is 23.0 Å². The Hall–Kier alpha value is -2.88. The lowest BCUT2D eigenvalue weighted by Crippen LogP contribution is -2.19. The Balaban J connectivity index is 2.67. The molecule has 136 valence electrons. The van der Waals surface area contributed by atoms with Crippen molar-refractivity contribution in [1.82, 2.24) is 0 Å². The predicted molar refractivity (Wildman–Crippen MR) is 97.5 cm³/mol. The van der Waals surface area contributed by atoms with Gasteiger partial charge in [0.15, 0.2) is 10.7 Å². The molecule has 0 atom stereocenters. The van der Waals surface area contributed by atoms with E-state index < -0.39 is 15.9 Å². The summed E-state index contributed by atoms with van der Waals surface area (Å²) in [7, 11) is 5.25. The van der Waals surface area contributed by atoms with Gasteiger partial charge in [0.05, 0.1) is 21.3 Å². The van der Waals surface area contributed by atoms with Crippen LogP contribution >= 0.6 is 0 Å². The highest BCUT2D eigenvalue weighted by Gasteiger charge is 2.26. The second-order valence-electron chi connectivity index (χ2n) is 5.06. The monoisotopic (exact) mass is 376 g/mol. The Morgan fingerprint density at radius 3 is 2.12 bits per heavy atom. The molecule has 2 aromatic carbocycles. The average Bonchev–Trinajstić information content (AvgIpc) is 2.59. The van der Waals surface area contributed by atoms with Gasteiger partial charge >= 0.3 is 0 Å². The fourth-order valence-corrected chi connectivity index (χ4v) is 3.58. The van der Waals surface area contributed by atoms with E-state index in [0.717, 1.165) is 0 Å². The lowest BCUT2D eigenvalue weighted by atomic mass is 9.93. The second kappa shape index (κ2) is 7.57. The molecule has 0 aliphatic rings. The summed E-state index contributed by atoms with van der Waals surface area (Å²) in [5.41, 5.74) is 5.95. The summed E-state index contributed by atoms with van der Waals surface area (Å²) in [6.45, 7) is 0. The van der Waals surface area contributed by atoms with Crippen LogP contribution in [0.4, 0.5) is 0 Å². The van der Waals surface area contributed by atoms with Crippen LogP contribution in [-0.2, 0) is 10.0 Å². The quantitative estimate of drug-likeness (QED) is 0.423. The SMILES string of the molecule is [B]c1cc(O)c(/C(N)=N/S(=O)(=O)c2c(OC)cccc2OC)c(OC)c1.